The number of carbonyl (C=O) groups excluding carboxylic acids is 4. The predicted octanol–water partition coefficient (Wildman–Crippen LogP) is 2.19. The van der Waals surface area contributed by atoms with Crippen LogP contribution in [-0.2, 0) is 14.3 Å². The van der Waals surface area contributed by atoms with E-state index >= 15 is 0 Å². The number of aliphatic hydroxyl groups excluding tert-OH is 1. The average Bonchev–Trinajstić information content (AvgIpc) is 2.75. The van der Waals surface area contributed by atoms with E-state index < -0.39 is 42.3 Å². The number of hydrogen-bond donors (Lipinski definition) is 3. The molecule has 8 heteroatoms. The van der Waals surface area contributed by atoms with Crippen LogP contribution in [0.15, 0.2) is 54.6 Å². The zero-order valence-corrected chi connectivity index (χ0v) is 17.7. The molecule has 1 unspecified atom stereocenters. The van der Waals surface area contributed by atoms with Crippen molar-refractivity contribution in [3.63, 3.8) is 0 Å². The van der Waals surface area contributed by atoms with Crippen LogP contribution in [-0.4, -0.2) is 47.9 Å². The highest BCUT2D eigenvalue weighted by molar-refractivity contribution is 6.00. The zero-order chi connectivity index (χ0) is 23.0. The van der Waals surface area contributed by atoms with Crippen molar-refractivity contribution in [1.82, 2.24) is 5.32 Å². The second-order valence-corrected chi connectivity index (χ2v) is 7.89. The molecule has 3 N–H and O–H groups in total. The molecule has 0 saturated heterocycles. The number of anilines is 1. The van der Waals surface area contributed by atoms with E-state index in [1.165, 1.54) is 12.1 Å². The minimum absolute atomic E-state index is 0.159. The van der Waals surface area contributed by atoms with Crippen molar-refractivity contribution in [3.8, 4) is 0 Å². The molecule has 2 aromatic rings. The van der Waals surface area contributed by atoms with E-state index in [0.717, 1.165) is 0 Å². The minimum Gasteiger partial charge on any atom is -0.456 e. The smallest absolute Gasteiger partial charge is 0.331 e. The van der Waals surface area contributed by atoms with Gasteiger partial charge in [0.15, 0.2) is 18.4 Å². The maximum atomic E-state index is 12.3. The second kappa shape index (κ2) is 10.5. The third-order valence-electron chi connectivity index (χ3n) is 4.30. The minimum atomic E-state index is -1.30. The molecule has 0 aliphatic rings. The largest absolute Gasteiger partial charge is 0.456 e. The quantitative estimate of drug-likeness (QED) is 0.439. The van der Waals surface area contributed by atoms with Crippen molar-refractivity contribution in [1.29, 1.82) is 0 Å². The Hall–Kier alpha value is -3.52. The summed E-state index contributed by atoms with van der Waals surface area (Å²) in [4.78, 5) is 48.6. The Kier molecular flexibility index (Phi) is 8.04. The fraction of sp³-hybridized carbons (Fsp3) is 0.304. The molecule has 2 rings (SSSR count). The standard InChI is InChI=1S/C23H26N2O6/c1-23(2,3)22(30)24-17-11-9-15(10-12-17)19(27)14-31-21(29)18(13-26)25-20(28)16-7-5-4-6-8-16/h4-12,18,26H,13-14H2,1-3H3,(H,24,30)(H,25,28). The molecule has 0 heterocycles. The third-order valence-corrected chi connectivity index (χ3v) is 4.30. The van der Waals surface area contributed by atoms with E-state index in [1.54, 1.807) is 63.2 Å². The number of Topliss-reactive ketones (excluding diaryl/α,β-unsaturated/α-hetero) is 1. The Labute approximate surface area is 180 Å². The highest BCUT2D eigenvalue weighted by atomic mass is 16.5. The van der Waals surface area contributed by atoms with Gasteiger partial charge in [-0.05, 0) is 36.4 Å². The predicted molar refractivity (Wildman–Crippen MR) is 115 cm³/mol. The topological polar surface area (TPSA) is 122 Å². The fourth-order valence-electron chi connectivity index (χ4n) is 2.39. The van der Waals surface area contributed by atoms with Crippen LogP contribution in [0.3, 0.4) is 0 Å². The van der Waals surface area contributed by atoms with E-state index in [2.05, 4.69) is 10.6 Å². The number of rotatable bonds is 8. The van der Waals surface area contributed by atoms with Gasteiger partial charge >= 0.3 is 5.97 Å². The summed E-state index contributed by atoms with van der Waals surface area (Å²) in [5.41, 5.74) is 0.596. The molecule has 0 fully saturated rings. The van der Waals surface area contributed by atoms with Gasteiger partial charge in [-0.15, -0.1) is 0 Å². The molecule has 1 atom stereocenters. The van der Waals surface area contributed by atoms with Crippen LogP contribution in [0.2, 0.25) is 0 Å². The lowest BCUT2D eigenvalue weighted by molar-refractivity contribution is -0.145. The first-order valence-corrected chi connectivity index (χ1v) is 9.70. The van der Waals surface area contributed by atoms with E-state index in [1.807, 2.05) is 0 Å². The highest BCUT2D eigenvalue weighted by Crippen LogP contribution is 2.18. The maximum Gasteiger partial charge on any atom is 0.331 e. The van der Waals surface area contributed by atoms with Crippen molar-refractivity contribution in [2.75, 3.05) is 18.5 Å². The molecular weight excluding hydrogens is 400 g/mol. The van der Waals surface area contributed by atoms with Gasteiger partial charge in [0.2, 0.25) is 5.91 Å². The molecule has 0 radical (unpaired) electrons. The molecule has 31 heavy (non-hydrogen) atoms. The highest BCUT2D eigenvalue weighted by Gasteiger charge is 2.23. The second-order valence-electron chi connectivity index (χ2n) is 7.89. The molecule has 2 amide bonds. The summed E-state index contributed by atoms with van der Waals surface area (Å²) in [6.07, 6.45) is 0. The number of aliphatic hydroxyl groups is 1. The molecular formula is C23H26N2O6. The SMILES string of the molecule is CC(C)(C)C(=O)Nc1ccc(C(=O)COC(=O)C(CO)NC(=O)c2ccccc2)cc1. The van der Waals surface area contributed by atoms with E-state index in [4.69, 9.17) is 4.74 Å². The van der Waals surface area contributed by atoms with Crippen molar-refractivity contribution < 1.29 is 29.0 Å². The van der Waals surface area contributed by atoms with Gasteiger partial charge in [-0.25, -0.2) is 4.79 Å². The van der Waals surface area contributed by atoms with Gasteiger partial charge in [-0.1, -0.05) is 39.0 Å². The van der Waals surface area contributed by atoms with Crippen molar-refractivity contribution >= 4 is 29.3 Å². The van der Waals surface area contributed by atoms with Gasteiger partial charge in [0.05, 0.1) is 6.61 Å². The summed E-state index contributed by atoms with van der Waals surface area (Å²) in [6.45, 7) is 4.14. The maximum absolute atomic E-state index is 12.3. The number of benzene rings is 2. The summed E-state index contributed by atoms with van der Waals surface area (Å²) >= 11 is 0. The third kappa shape index (κ3) is 7.04. The number of ketones is 1. The average molecular weight is 426 g/mol. The number of ether oxygens (including phenoxy) is 1. The van der Waals surface area contributed by atoms with Gasteiger partial charge in [0, 0.05) is 22.2 Å². The van der Waals surface area contributed by atoms with Gasteiger partial charge in [-0.3, -0.25) is 14.4 Å². The van der Waals surface area contributed by atoms with Crippen LogP contribution in [0, 0.1) is 5.41 Å². The lowest BCUT2D eigenvalue weighted by atomic mass is 9.95. The first-order valence-electron chi connectivity index (χ1n) is 9.70. The molecule has 164 valence electrons. The molecule has 8 nitrogen and oxygen atoms in total. The van der Waals surface area contributed by atoms with Crippen molar-refractivity contribution in [3.05, 3.63) is 65.7 Å². The van der Waals surface area contributed by atoms with Crippen LogP contribution >= 0.6 is 0 Å². The lowest BCUT2D eigenvalue weighted by Crippen LogP contribution is -2.44. The Morgan fingerprint density at radius 1 is 0.935 bits per heavy atom. The summed E-state index contributed by atoms with van der Waals surface area (Å²) < 4.78 is 4.95. The molecule has 0 saturated carbocycles. The molecule has 0 aliphatic carbocycles. The Morgan fingerprint density at radius 3 is 2.10 bits per heavy atom. The van der Waals surface area contributed by atoms with Crippen LogP contribution in [0.1, 0.15) is 41.5 Å². The Bertz CT molecular complexity index is 933. The van der Waals surface area contributed by atoms with Crippen LogP contribution in [0.25, 0.3) is 0 Å². The Morgan fingerprint density at radius 2 is 1.55 bits per heavy atom. The number of esters is 1. The van der Waals surface area contributed by atoms with Crippen LogP contribution < -0.4 is 10.6 Å². The normalized spacial score (nSPS) is 11.9. The van der Waals surface area contributed by atoms with Crippen LogP contribution in [0.5, 0.6) is 0 Å². The first-order chi connectivity index (χ1) is 14.6. The Balaban J connectivity index is 1.89. The van der Waals surface area contributed by atoms with Crippen molar-refractivity contribution in [2.45, 2.75) is 26.8 Å². The number of hydrogen-bond acceptors (Lipinski definition) is 6. The monoisotopic (exact) mass is 426 g/mol. The first kappa shape index (κ1) is 23.8. The van der Waals surface area contributed by atoms with E-state index in [9.17, 15) is 24.3 Å². The van der Waals surface area contributed by atoms with Gasteiger partial charge in [-0.2, -0.15) is 0 Å². The summed E-state index contributed by atoms with van der Waals surface area (Å²) in [5.74, 6) is -2.09. The van der Waals surface area contributed by atoms with E-state index in [0.29, 0.717) is 11.3 Å². The number of amides is 2. The molecule has 0 aromatic heterocycles. The molecule has 2 aromatic carbocycles. The number of nitrogens with one attached hydrogen (secondary N) is 2. The fourth-order valence-corrected chi connectivity index (χ4v) is 2.39. The van der Waals surface area contributed by atoms with Crippen LogP contribution in [0.4, 0.5) is 5.69 Å². The van der Waals surface area contributed by atoms with E-state index in [-0.39, 0.29) is 11.5 Å². The van der Waals surface area contributed by atoms with Crippen molar-refractivity contribution in [2.24, 2.45) is 5.41 Å². The molecule has 0 bridgehead atoms. The zero-order valence-electron chi connectivity index (χ0n) is 17.7. The van der Waals surface area contributed by atoms with Gasteiger partial charge < -0.3 is 20.5 Å². The molecule has 0 spiro atoms. The number of carbonyl (C=O) groups is 4. The van der Waals surface area contributed by atoms with Gasteiger partial charge in [0.25, 0.3) is 5.91 Å². The summed E-state index contributed by atoms with van der Waals surface area (Å²) in [7, 11) is 0. The summed E-state index contributed by atoms with van der Waals surface area (Å²) in [6, 6.07) is 13.1. The van der Waals surface area contributed by atoms with Gasteiger partial charge in [0.1, 0.15) is 0 Å². The summed E-state index contributed by atoms with van der Waals surface area (Å²) in [5, 5.41) is 14.5. The lowest BCUT2D eigenvalue weighted by Gasteiger charge is -2.17. The molecule has 0 aliphatic heterocycles.